The van der Waals surface area contributed by atoms with Crippen molar-refractivity contribution in [2.24, 2.45) is 7.05 Å². The van der Waals surface area contributed by atoms with Gasteiger partial charge >= 0.3 is 6.18 Å². The molecule has 0 aliphatic heterocycles. The van der Waals surface area contributed by atoms with Crippen LogP contribution in [0.25, 0.3) is 0 Å². The van der Waals surface area contributed by atoms with Crippen LogP contribution < -0.4 is 5.32 Å². The maximum absolute atomic E-state index is 12.9. The fraction of sp³-hybridized carbons (Fsp3) is 0.308. The van der Waals surface area contributed by atoms with Crippen LogP contribution in [0, 0.1) is 0 Å². The molecule has 0 fully saturated rings. The average Bonchev–Trinajstić information content (AvgIpc) is 2.75. The minimum atomic E-state index is -4.37. The van der Waals surface area contributed by atoms with E-state index in [4.69, 9.17) is 0 Å². The molecule has 0 saturated heterocycles. The minimum Gasteiger partial charge on any atom is -0.376 e. The fourth-order valence-electron chi connectivity index (χ4n) is 1.97. The van der Waals surface area contributed by atoms with Gasteiger partial charge in [0, 0.05) is 18.9 Å². The molecule has 1 N–H and O–H groups in total. The summed E-state index contributed by atoms with van der Waals surface area (Å²) >= 11 is 0. The van der Waals surface area contributed by atoms with Crippen LogP contribution in [0.4, 0.5) is 18.9 Å². The Bertz CT molecular complexity index is 560. The van der Waals surface area contributed by atoms with Crippen molar-refractivity contribution in [1.82, 2.24) is 9.78 Å². The van der Waals surface area contributed by atoms with Gasteiger partial charge in [0.1, 0.15) is 0 Å². The fourth-order valence-corrected chi connectivity index (χ4v) is 1.97. The van der Waals surface area contributed by atoms with E-state index in [1.54, 1.807) is 37.0 Å². The van der Waals surface area contributed by atoms with E-state index in [2.05, 4.69) is 10.4 Å². The third-order valence-corrected chi connectivity index (χ3v) is 2.91. The Morgan fingerprint density at radius 2 is 1.89 bits per heavy atom. The van der Waals surface area contributed by atoms with E-state index in [1.807, 2.05) is 0 Å². The maximum atomic E-state index is 12.9. The third kappa shape index (κ3) is 2.89. The van der Waals surface area contributed by atoms with Crippen LogP contribution in [0.5, 0.6) is 0 Å². The highest BCUT2D eigenvalue weighted by atomic mass is 19.4. The molecule has 0 saturated carbocycles. The van der Waals surface area contributed by atoms with Crippen molar-refractivity contribution in [3.63, 3.8) is 0 Å². The number of nitrogens with one attached hydrogen (secondary N) is 1. The summed E-state index contributed by atoms with van der Waals surface area (Å²) in [5, 5.41) is 6.88. The molecule has 0 spiro atoms. The molecule has 102 valence electrons. The molecule has 2 aromatic rings. The summed E-state index contributed by atoms with van der Waals surface area (Å²) in [4.78, 5) is 0. The molecule has 0 radical (unpaired) electrons. The Morgan fingerprint density at radius 3 is 2.47 bits per heavy atom. The summed E-state index contributed by atoms with van der Waals surface area (Å²) in [5.74, 6) is 0. The number of halogens is 3. The highest BCUT2D eigenvalue weighted by molar-refractivity contribution is 5.53. The van der Waals surface area contributed by atoms with Crippen molar-refractivity contribution in [3.05, 3.63) is 47.8 Å². The van der Waals surface area contributed by atoms with E-state index in [0.717, 1.165) is 11.8 Å². The first-order valence-corrected chi connectivity index (χ1v) is 5.80. The Hall–Kier alpha value is -1.98. The quantitative estimate of drug-likeness (QED) is 0.922. The molecular formula is C13H14F3N3. The summed E-state index contributed by atoms with van der Waals surface area (Å²) in [6.45, 7) is 1.80. The molecule has 0 aliphatic rings. The largest absolute Gasteiger partial charge is 0.418 e. The van der Waals surface area contributed by atoms with E-state index in [0.29, 0.717) is 0 Å². The zero-order chi connectivity index (χ0) is 14.0. The molecule has 1 heterocycles. The van der Waals surface area contributed by atoms with Crippen molar-refractivity contribution in [2.45, 2.75) is 19.1 Å². The Labute approximate surface area is 109 Å². The van der Waals surface area contributed by atoms with E-state index < -0.39 is 11.7 Å². The molecule has 0 amide bonds. The maximum Gasteiger partial charge on any atom is 0.418 e. The average molecular weight is 269 g/mol. The van der Waals surface area contributed by atoms with Crippen LogP contribution >= 0.6 is 0 Å². The van der Waals surface area contributed by atoms with Gasteiger partial charge in [-0.15, -0.1) is 0 Å². The Kier molecular flexibility index (Phi) is 3.50. The number of aromatic nitrogens is 2. The van der Waals surface area contributed by atoms with E-state index in [1.165, 1.54) is 12.1 Å². The number of benzene rings is 1. The molecule has 1 aromatic heterocycles. The first kappa shape index (κ1) is 13.5. The second kappa shape index (κ2) is 4.95. The van der Waals surface area contributed by atoms with Crippen molar-refractivity contribution in [1.29, 1.82) is 0 Å². The molecule has 1 aromatic carbocycles. The van der Waals surface area contributed by atoms with Gasteiger partial charge in [-0.3, -0.25) is 4.68 Å². The van der Waals surface area contributed by atoms with Crippen LogP contribution in [0.1, 0.15) is 24.2 Å². The lowest BCUT2D eigenvalue weighted by Gasteiger charge is -2.19. The normalized spacial score (nSPS) is 13.3. The predicted octanol–water partition coefficient (Wildman–Crippen LogP) is 3.61. The van der Waals surface area contributed by atoms with Gasteiger partial charge in [-0.25, -0.2) is 0 Å². The highest BCUT2D eigenvalue weighted by Gasteiger charge is 2.33. The van der Waals surface area contributed by atoms with E-state index in [9.17, 15) is 13.2 Å². The Morgan fingerprint density at radius 1 is 1.21 bits per heavy atom. The zero-order valence-electron chi connectivity index (χ0n) is 10.6. The topological polar surface area (TPSA) is 29.9 Å². The third-order valence-electron chi connectivity index (χ3n) is 2.91. The lowest BCUT2D eigenvalue weighted by atomic mass is 10.1. The summed E-state index contributed by atoms with van der Waals surface area (Å²) < 4.78 is 40.2. The molecular weight excluding hydrogens is 255 g/mol. The number of para-hydroxylation sites is 1. The summed E-state index contributed by atoms with van der Waals surface area (Å²) in [7, 11) is 1.75. The summed E-state index contributed by atoms with van der Waals surface area (Å²) in [5.41, 5.74) is 0.227. The van der Waals surface area contributed by atoms with Crippen LogP contribution in [-0.2, 0) is 13.2 Å². The number of nitrogens with zero attached hydrogens (tertiary/aromatic N) is 2. The van der Waals surface area contributed by atoms with Crippen molar-refractivity contribution in [2.75, 3.05) is 5.32 Å². The lowest BCUT2D eigenvalue weighted by Crippen LogP contribution is -2.15. The molecule has 19 heavy (non-hydrogen) atoms. The Balaban J connectivity index is 2.27. The van der Waals surface area contributed by atoms with Gasteiger partial charge in [0.25, 0.3) is 0 Å². The van der Waals surface area contributed by atoms with Crippen LogP contribution in [0.15, 0.2) is 36.5 Å². The molecule has 6 heteroatoms. The van der Waals surface area contributed by atoms with E-state index in [-0.39, 0.29) is 11.7 Å². The standard InChI is InChI=1S/C13H14F3N3/c1-9(12-7-8-17-19(12)2)18-11-6-4-3-5-10(11)13(14,15)16/h3-9,18H,1-2H3. The number of hydrogen-bond acceptors (Lipinski definition) is 2. The zero-order valence-corrected chi connectivity index (χ0v) is 10.6. The summed E-state index contributed by atoms with van der Waals surface area (Å²) in [6.07, 6.45) is -2.75. The molecule has 0 aliphatic carbocycles. The number of rotatable bonds is 3. The van der Waals surface area contributed by atoms with Gasteiger partial charge in [0.15, 0.2) is 0 Å². The number of aryl methyl sites for hydroxylation is 1. The highest BCUT2D eigenvalue weighted by Crippen LogP contribution is 2.35. The van der Waals surface area contributed by atoms with Gasteiger partial charge in [-0.1, -0.05) is 12.1 Å². The van der Waals surface area contributed by atoms with Gasteiger partial charge in [0.2, 0.25) is 0 Å². The van der Waals surface area contributed by atoms with Gasteiger partial charge in [0.05, 0.1) is 17.3 Å². The van der Waals surface area contributed by atoms with Crippen molar-refractivity contribution in [3.8, 4) is 0 Å². The van der Waals surface area contributed by atoms with Crippen LogP contribution in [-0.4, -0.2) is 9.78 Å². The van der Waals surface area contributed by atoms with Crippen molar-refractivity contribution >= 4 is 5.69 Å². The van der Waals surface area contributed by atoms with Crippen LogP contribution in [0.3, 0.4) is 0 Å². The molecule has 3 nitrogen and oxygen atoms in total. The number of anilines is 1. The molecule has 2 rings (SSSR count). The summed E-state index contributed by atoms with van der Waals surface area (Å²) in [6, 6.07) is 6.95. The van der Waals surface area contributed by atoms with E-state index >= 15 is 0 Å². The minimum absolute atomic E-state index is 0.0729. The monoisotopic (exact) mass is 269 g/mol. The molecule has 1 atom stereocenters. The van der Waals surface area contributed by atoms with Crippen molar-refractivity contribution < 1.29 is 13.2 Å². The van der Waals surface area contributed by atoms with Gasteiger partial charge in [-0.2, -0.15) is 18.3 Å². The first-order chi connectivity index (χ1) is 8.89. The SMILES string of the molecule is CC(Nc1ccccc1C(F)(F)F)c1ccnn1C. The molecule has 1 unspecified atom stereocenters. The molecule has 0 bridgehead atoms. The number of hydrogen-bond donors (Lipinski definition) is 1. The van der Waals surface area contributed by atoms with Gasteiger partial charge in [-0.05, 0) is 25.1 Å². The smallest absolute Gasteiger partial charge is 0.376 e. The number of alkyl halides is 3. The lowest BCUT2D eigenvalue weighted by molar-refractivity contribution is -0.137. The van der Waals surface area contributed by atoms with Gasteiger partial charge < -0.3 is 5.32 Å². The second-order valence-electron chi connectivity index (χ2n) is 4.29. The van der Waals surface area contributed by atoms with Crippen LogP contribution in [0.2, 0.25) is 0 Å². The second-order valence-corrected chi connectivity index (χ2v) is 4.29. The first-order valence-electron chi connectivity index (χ1n) is 5.80. The predicted molar refractivity (Wildman–Crippen MR) is 66.7 cm³/mol.